The second kappa shape index (κ2) is 9.92. The number of benzene rings is 2. The van der Waals surface area contributed by atoms with E-state index in [1.165, 1.54) is 0 Å². The van der Waals surface area contributed by atoms with Crippen molar-refractivity contribution in [3.8, 4) is 5.75 Å². The minimum Gasteiger partial charge on any atom is -0.492 e. The maximum absolute atomic E-state index is 12.4. The summed E-state index contributed by atoms with van der Waals surface area (Å²) in [4.78, 5) is 14.3. The Morgan fingerprint density at radius 2 is 2.00 bits per heavy atom. The van der Waals surface area contributed by atoms with E-state index in [1.807, 2.05) is 66.5 Å². The van der Waals surface area contributed by atoms with Gasteiger partial charge in [0.05, 0.1) is 19.3 Å². The minimum atomic E-state index is -0.102. The predicted octanol–water partition coefficient (Wildman–Crippen LogP) is 3.53. The lowest BCUT2D eigenvalue weighted by Gasteiger charge is -2.17. The van der Waals surface area contributed by atoms with Crippen LogP contribution in [0, 0.1) is 0 Å². The van der Waals surface area contributed by atoms with Crippen molar-refractivity contribution in [1.82, 2.24) is 14.7 Å². The number of para-hydroxylation sites is 1. The molecule has 7 heteroatoms. The van der Waals surface area contributed by atoms with E-state index < -0.39 is 0 Å². The van der Waals surface area contributed by atoms with Crippen LogP contribution < -0.4 is 10.1 Å². The van der Waals surface area contributed by atoms with Gasteiger partial charge in [0.25, 0.3) is 0 Å². The van der Waals surface area contributed by atoms with Crippen LogP contribution in [0.25, 0.3) is 0 Å². The zero-order valence-electron chi connectivity index (χ0n) is 15.7. The fourth-order valence-electron chi connectivity index (χ4n) is 2.72. The van der Waals surface area contributed by atoms with Gasteiger partial charge in [0.2, 0.25) is 5.91 Å². The maximum atomic E-state index is 12.4. The van der Waals surface area contributed by atoms with E-state index in [-0.39, 0.29) is 12.5 Å². The summed E-state index contributed by atoms with van der Waals surface area (Å²) in [7, 11) is 1.89. The van der Waals surface area contributed by atoms with Gasteiger partial charge in [-0.25, -0.2) is 4.68 Å². The molecule has 0 saturated heterocycles. The Bertz CT molecular complexity index is 898. The summed E-state index contributed by atoms with van der Waals surface area (Å²) in [5.74, 6) is 1.37. The second-order valence-electron chi connectivity index (χ2n) is 6.45. The Morgan fingerprint density at radius 3 is 2.79 bits per heavy atom. The smallest absolute Gasteiger partial charge is 0.239 e. The van der Waals surface area contributed by atoms with Crippen LogP contribution >= 0.6 is 11.6 Å². The summed E-state index contributed by atoms with van der Waals surface area (Å²) in [6.07, 6.45) is 1.66. The summed E-state index contributed by atoms with van der Waals surface area (Å²) >= 11 is 6.03. The lowest BCUT2D eigenvalue weighted by atomic mass is 10.2. The number of nitrogens with one attached hydrogen (secondary N) is 1. The standard InChI is InChI=1S/C21H23ClN4O2/c1-25(12-13-28-19-8-3-2-4-9-19)16-21(27)24-20-10-11-23-26(20)15-17-6-5-7-18(22)14-17/h2-11,14H,12-13,15-16H2,1H3,(H,24,27). The first kappa shape index (κ1) is 19.9. The number of nitrogens with zero attached hydrogens (tertiary/aromatic N) is 3. The number of carbonyl (C=O) groups excluding carboxylic acids is 1. The fraction of sp³-hybridized carbons (Fsp3) is 0.238. The quantitative estimate of drug-likeness (QED) is 0.599. The topological polar surface area (TPSA) is 59.4 Å². The Labute approximate surface area is 169 Å². The van der Waals surface area contributed by atoms with E-state index in [1.54, 1.807) is 16.9 Å². The van der Waals surface area contributed by atoms with Crippen molar-refractivity contribution < 1.29 is 9.53 Å². The molecule has 146 valence electrons. The highest BCUT2D eigenvalue weighted by atomic mass is 35.5. The molecule has 6 nitrogen and oxygen atoms in total. The fourth-order valence-corrected chi connectivity index (χ4v) is 2.93. The number of hydrogen-bond donors (Lipinski definition) is 1. The summed E-state index contributed by atoms with van der Waals surface area (Å²) in [6, 6.07) is 19.0. The molecule has 0 saturated carbocycles. The average Bonchev–Trinajstić information content (AvgIpc) is 3.09. The number of rotatable bonds is 9. The highest BCUT2D eigenvalue weighted by molar-refractivity contribution is 6.30. The second-order valence-corrected chi connectivity index (χ2v) is 6.89. The van der Waals surface area contributed by atoms with Gasteiger partial charge in [-0.05, 0) is 36.9 Å². The van der Waals surface area contributed by atoms with Gasteiger partial charge < -0.3 is 10.1 Å². The summed E-state index contributed by atoms with van der Waals surface area (Å²) in [5.41, 5.74) is 1.02. The highest BCUT2D eigenvalue weighted by Gasteiger charge is 2.10. The molecule has 0 radical (unpaired) electrons. The van der Waals surface area contributed by atoms with Crippen LogP contribution in [0.2, 0.25) is 5.02 Å². The van der Waals surface area contributed by atoms with Crippen molar-refractivity contribution in [2.24, 2.45) is 0 Å². The van der Waals surface area contributed by atoms with E-state index in [9.17, 15) is 4.79 Å². The number of anilines is 1. The van der Waals surface area contributed by atoms with E-state index in [2.05, 4.69) is 10.4 Å². The van der Waals surface area contributed by atoms with Crippen molar-refractivity contribution in [2.75, 3.05) is 32.1 Å². The van der Waals surface area contributed by atoms with Crippen LogP contribution in [0.3, 0.4) is 0 Å². The normalized spacial score (nSPS) is 10.8. The molecule has 1 aromatic heterocycles. The van der Waals surface area contributed by atoms with Crippen LogP contribution in [0.4, 0.5) is 5.82 Å². The summed E-state index contributed by atoms with van der Waals surface area (Å²) in [6.45, 7) is 1.95. The zero-order chi connectivity index (χ0) is 19.8. The molecule has 0 aliphatic rings. The molecule has 0 unspecified atom stereocenters. The van der Waals surface area contributed by atoms with E-state index >= 15 is 0 Å². The lowest BCUT2D eigenvalue weighted by molar-refractivity contribution is -0.117. The van der Waals surface area contributed by atoms with Crippen LogP contribution in [0.15, 0.2) is 66.9 Å². The van der Waals surface area contributed by atoms with Crippen molar-refractivity contribution in [3.05, 3.63) is 77.4 Å². The van der Waals surface area contributed by atoms with Gasteiger partial charge in [-0.15, -0.1) is 0 Å². The lowest BCUT2D eigenvalue weighted by Crippen LogP contribution is -2.33. The van der Waals surface area contributed by atoms with E-state index in [0.29, 0.717) is 30.5 Å². The molecular formula is C21H23ClN4O2. The van der Waals surface area contributed by atoms with Gasteiger partial charge in [-0.2, -0.15) is 5.10 Å². The number of ether oxygens (including phenoxy) is 1. The molecule has 1 heterocycles. The Kier molecular flexibility index (Phi) is 7.06. The largest absolute Gasteiger partial charge is 0.492 e. The minimum absolute atomic E-state index is 0.102. The summed E-state index contributed by atoms with van der Waals surface area (Å²) in [5, 5.41) is 7.87. The molecule has 0 fully saturated rings. The summed E-state index contributed by atoms with van der Waals surface area (Å²) < 4.78 is 7.40. The number of hydrogen-bond acceptors (Lipinski definition) is 4. The van der Waals surface area contributed by atoms with Crippen LogP contribution in [0.5, 0.6) is 5.75 Å². The molecule has 0 bridgehead atoms. The van der Waals surface area contributed by atoms with E-state index in [0.717, 1.165) is 11.3 Å². The molecule has 28 heavy (non-hydrogen) atoms. The van der Waals surface area contributed by atoms with Crippen molar-refractivity contribution >= 4 is 23.3 Å². The zero-order valence-corrected chi connectivity index (χ0v) is 16.5. The Morgan fingerprint density at radius 1 is 1.18 bits per heavy atom. The van der Waals surface area contributed by atoms with Crippen LogP contribution in [0.1, 0.15) is 5.56 Å². The van der Waals surface area contributed by atoms with Gasteiger partial charge in [-0.1, -0.05) is 41.9 Å². The highest BCUT2D eigenvalue weighted by Crippen LogP contribution is 2.14. The van der Waals surface area contributed by atoms with Crippen molar-refractivity contribution in [3.63, 3.8) is 0 Å². The van der Waals surface area contributed by atoms with Gasteiger partial charge >= 0.3 is 0 Å². The number of likely N-dealkylation sites (N-methyl/N-ethyl adjacent to an activating group) is 1. The molecule has 0 aliphatic heterocycles. The third kappa shape index (κ3) is 6.11. The molecule has 3 rings (SSSR count). The Balaban J connectivity index is 1.46. The van der Waals surface area contributed by atoms with Gasteiger partial charge in [-0.3, -0.25) is 9.69 Å². The average molecular weight is 399 g/mol. The molecular weight excluding hydrogens is 376 g/mol. The first-order valence-corrected chi connectivity index (χ1v) is 9.40. The molecule has 0 spiro atoms. The first-order valence-electron chi connectivity index (χ1n) is 9.02. The number of carbonyl (C=O) groups is 1. The molecule has 3 aromatic rings. The first-order chi connectivity index (χ1) is 13.6. The monoisotopic (exact) mass is 398 g/mol. The number of amides is 1. The van der Waals surface area contributed by atoms with Crippen LogP contribution in [-0.2, 0) is 11.3 Å². The number of aromatic nitrogens is 2. The predicted molar refractivity (Wildman–Crippen MR) is 111 cm³/mol. The Hall–Kier alpha value is -2.83. The van der Waals surface area contributed by atoms with Gasteiger partial charge in [0.1, 0.15) is 18.2 Å². The molecule has 0 atom stereocenters. The molecule has 2 aromatic carbocycles. The van der Waals surface area contributed by atoms with Gasteiger partial charge in [0.15, 0.2) is 0 Å². The number of halogens is 1. The van der Waals surface area contributed by atoms with Crippen molar-refractivity contribution in [2.45, 2.75) is 6.54 Å². The molecule has 0 aliphatic carbocycles. The molecule has 1 N–H and O–H groups in total. The van der Waals surface area contributed by atoms with E-state index in [4.69, 9.17) is 16.3 Å². The third-order valence-corrected chi connectivity index (χ3v) is 4.34. The molecule has 1 amide bonds. The maximum Gasteiger partial charge on any atom is 0.239 e. The van der Waals surface area contributed by atoms with Gasteiger partial charge in [0, 0.05) is 17.6 Å². The van der Waals surface area contributed by atoms with Crippen molar-refractivity contribution in [1.29, 1.82) is 0 Å². The SMILES string of the molecule is CN(CCOc1ccccc1)CC(=O)Nc1ccnn1Cc1cccc(Cl)c1. The third-order valence-electron chi connectivity index (χ3n) is 4.10. The van der Waals surface area contributed by atoms with Crippen LogP contribution in [-0.4, -0.2) is 47.3 Å².